The Morgan fingerprint density at radius 1 is 1.20 bits per heavy atom. The average molecular weight is 404 g/mol. The van der Waals surface area contributed by atoms with Crippen molar-refractivity contribution in [2.24, 2.45) is 0 Å². The van der Waals surface area contributed by atoms with Crippen LogP contribution in [-0.2, 0) is 0 Å². The lowest BCUT2D eigenvalue weighted by molar-refractivity contribution is 0.0827. The molecule has 3 N–H and O–H groups in total. The molecule has 9 heteroatoms. The monoisotopic (exact) mass is 404 g/mol. The molecule has 2 heterocycles. The van der Waals surface area contributed by atoms with Crippen molar-refractivity contribution in [2.75, 3.05) is 19.8 Å². The highest BCUT2D eigenvalue weighted by Gasteiger charge is 2.19. The van der Waals surface area contributed by atoms with Gasteiger partial charge in [0.05, 0.1) is 18.0 Å². The van der Waals surface area contributed by atoms with Gasteiger partial charge in [0, 0.05) is 30.8 Å². The number of aromatic nitrogens is 4. The highest BCUT2D eigenvalue weighted by molar-refractivity contribution is 5.94. The summed E-state index contributed by atoms with van der Waals surface area (Å²) in [5, 5.41) is 17.8. The SMILES string of the molecule is CN(C)C(=O)c1ccc(-c2cnc(N)c(-c3nnc(C4=CC(O)CC=C4)o3)n2)cc1. The molecule has 30 heavy (non-hydrogen) atoms. The van der Waals surface area contributed by atoms with Crippen LogP contribution in [0.1, 0.15) is 22.7 Å². The standard InChI is InChI=1S/C21H20N6O3/c1-27(2)21(29)13-8-6-12(7-9-13)16-11-23-18(22)17(24-16)20-26-25-19(30-20)14-4-3-5-15(28)10-14/h3-4,6-11,15,28H,5H2,1-2H3,(H2,22,23). The molecular formula is C21H20N6O3. The van der Waals surface area contributed by atoms with E-state index in [1.165, 1.54) is 4.90 Å². The van der Waals surface area contributed by atoms with Gasteiger partial charge in [-0.15, -0.1) is 10.2 Å². The number of carbonyl (C=O) groups is 1. The van der Waals surface area contributed by atoms with Gasteiger partial charge in [-0.25, -0.2) is 9.97 Å². The first kappa shape index (κ1) is 19.5. The van der Waals surface area contributed by atoms with E-state index in [0.717, 1.165) is 5.56 Å². The lowest BCUT2D eigenvalue weighted by Crippen LogP contribution is -2.21. The van der Waals surface area contributed by atoms with E-state index in [1.54, 1.807) is 50.6 Å². The molecule has 1 aromatic carbocycles. The zero-order valence-electron chi connectivity index (χ0n) is 16.5. The fourth-order valence-corrected chi connectivity index (χ4v) is 2.98. The summed E-state index contributed by atoms with van der Waals surface area (Å²) in [6.45, 7) is 0. The van der Waals surface area contributed by atoms with Crippen LogP contribution in [0.2, 0.25) is 0 Å². The number of hydrogen-bond acceptors (Lipinski definition) is 8. The average Bonchev–Trinajstić information content (AvgIpc) is 3.24. The maximum Gasteiger partial charge on any atom is 0.270 e. The predicted molar refractivity (Wildman–Crippen MR) is 111 cm³/mol. The summed E-state index contributed by atoms with van der Waals surface area (Å²) in [5.74, 6) is 0.463. The lowest BCUT2D eigenvalue weighted by atomic mass is 10.1. The van der Waals surface area contributed by atoms with E-state index in [2.05, 4.69) is 20.2 Å². The van der Waals surface area contributed by atoms with Crippen LogP contribution in [-0.4, -0.2) is 56.3 Å². The maximum atomic E-state index is 12.1. The van der Waals surface area contributed by atoms with Crippen molar-refractivity contribution < 1.29 is 14.3 Å². The number of nitrogen functional groups attached to an aromatic ring is 1. The number of carbonyl (C=O) groups excluding carboxylic acids is 1. The molecule has 152 valence electrons. The first-order valence-electron chi connectivity index (χ1n) is 9.27. The van der Waals surface area contributed by atoms with E-state index < -0.39 is 6.10 Å². The van der Waals surface area contributed by atoms with Gasteiger partial charge < -0.3 is 20.2 Å². The summed E-state index contributed by atoms with van der Waals surface area (Å²) in [5.41, 5.74) is 8.77. The van der Waals surface area contributed by atoms with Gasteiger partial charge in [0.1, 0.15) is 0 Å². The van der Waals surface area contributed by atoms with Crippen LogP contribution in [0.4, 0.5) is 5.82 Å². The summed E-state index contributed by atoms with van der Waals surface area (Å²) in [4.78, 5) is 22.3. The van der Waals surface area contributed by atoms with Gasteiger partial charge in [-0.2, -0.15) is 0 Å². The minimum absolute atomic E-state index is 0.0831. The molecule has 1 atom stereocenters. The Kier molecular flexibility index (Phi) is 5.11. The Morgan fingerprint density at radius 2 is 1.93 bits per heavy atom. The molecule has 3 aromatic rings. The molecule has 2 aromatic heterocycles. The number of aliphatic hydroxyl groups is 1. The van der Waals surface area contributed by atoms with Gasteiger partial charge in [-0.3, -0.25) is 4.79 Å². The maximum absolute atomic E-state index is 12.1. The van der Waals surface area contributed by atoms with Crippen molar-refractivity contribution in [3.63, 3.8) is 0 Å². The molecule has 0 bridgehead atoms. The summed E-state index contributed by atoms with van der Waals surface area (Å²) in [6.07, 6.45) is 6.80. The molecule has 0 fully saturated rings. The molecule has 1 aliphatic rings. The first-order chi connectivity index (χ1) is 14.4. The normalized spacial score (nSPS) is 15.7. The first-order valence-corrected chi connectivity index (χ1v) is 9.27. The number of aliphatic hydroxyl groups excluding tert-OH is 1. The number of hydrogen-bond donors (Lipinski definition) is 2. The van der Waals surface area contributed by atoms with E-state index in [1.807, 2.05) is 12.2 Å². The van der Waals surface area contributed by atoms with Crippen molar-refractivity contribution >= 4 is 17.3 Å². The summed E-state index contributed by atoms with van der Waals surface area (Å²) < 4.78 is 5.72. The number of amides is 1. The van der Waals surface area contributed by atoms with E-state index in [9.17, 15) is 9.90 Å². The third kappa shape index (κ3) is 3.83. The van der Waals surface area contributed by atoms with Crippen LogP contribution in [0.3, 0.4) is 0 Å². The van der Waals surface area contributed by atoms with E-state index in [-0.39, 0.29) is 29.2 Å². The fourth-order valence-electron chi connectivity index (χ4n) is 2.98. The third-order valence-electron chi connectivity index (χ3n) is 4.56. The van der Waals surface area contributed by atoms with Crippen molar-refractivity contribution in [2.45, 2.75) is 12.5 Å². The van der Waals surface area contributed by atoms with Crippen LogP contribution in [0.25, 0.3) is 28.4 Å². The largest absolute Gasteiger partial charge is 0.414 e. The number of nitrogens with two attached hydrogens (primary N) is 1. The number of allylic oxidation sites excluding steroid dienone is 2. The smallest absolute Gasteiger partial charge is 0.270 e. The zero-order valence-corrected chi connectivity index (χ0v) is 16.5. The molecular weight excluding hydrogens is 384 g/mol. The quantitative estimate of drug-likeness (QED) is 0.676. The Labute approximate surface area is 172 Å². The van der Waals surface area contributed by atoms with Gasteiger partial charge in [-0.05, 0) is 24.6 Å². The second-order valence-electron chi connectivity index (χ2n) is 7.01. The molecule has 0 aliphatic heterocycles. The van der Waals surface area contributed by atoms with Crippen LogP contribution in [0.15, 0.2) is 53.1 Å². The molecule has 0 saturated heterocycles. The Hall–Kier alpha value is -3.85. The summed E-state index contributed by atoms with van der Waals surface area (Å²) in [6, 6.07) is 7.04. The lowest BCUT2D eigenvalue weighted by Gasteiger charge is -2.10. The van der Waals surface area contributed by atoms with Crippen LogP contribution < -0.4 is 5.73 Å². The molecule has 0 radical (unpaired) electrons. The van der Waals surface area contributed by atoms with Gasteiger partial charge in [0.15, 0.2) is 11.5 Å². The second kappa shape index (κ2) is 7.88. The van der Waals surface area contributed by atoms with Gasteiger partial charge in [0.2, 0.25) is 5.89 Å². The molecule has 0 spiro atoms. The van der Waals surface area contributed by atoms with Crippen LogP contribution >= 0.6 is 0 Å². The van der Waals surface area contributed by atoms with Crippen molar-refractivity contribution in [1.82, 2.24) is 25.1 Å². The van der Waals surface area contributed by atoms with Gasteiger partial charge in [-0.1, -0.05) is 24.3 Å². The zero-order chi connectivity index (χ0) is 21.3. The fraction of sp³-hybridized carbons (Fsp3) is 0.190. The van der Waals surface area contributed by atoms with E-state index in [0.29, 0.717) is 23.3 Å². The van der Waals surface area contributed by atoms with Crippen LogP contribution in [0, 0.1) is 0 Å². The summed E-state index contributed by atoms with van der Waals surface area (Å²) >= 11 is 0. The number of anilines is 1. The predicted octanol–water partition coefficient (Wildman–Crippen LogP) is 2.18. The number of rotatable bonds is 4. The number of nitrogens with zero attached hydrogens (tertiary/aromatic N) is 5. The minimum atomic E-state index is -0.587. The number of benzene rings is 1. The molecule has 0 saturated carbocycles. The Morgan fingerprint density at radius 3 is 2.63 bits per heavy atom. The van der Waals surface area contributed by atoms with E-state index >= 15 is 0 Å². The minimum Gasteiger partial charge on any atom is -0.414 e. The van der Waals surface area contributed by atoms with Gasteiger partial charge >= 0.3 is 0 Å². The van der Waals surface area contributed by atoms with Crippen molar-refractivity contribution in [3.8, 4) is 22.8 Å². The summed E-state index contributed by atoms with van der Waals surface area (Å²) in [7, 11) is 3.40. The van der Waals surface area contributed by atoms with Gasteiger partial charge in [0.25, 0.3) is 11.8 Å². The molecule has 9 nitrogen and oxygen atoms in total. The highest BCUT2D eigenvalue weighted by atomic mass is 16.4. The second-order valence-corrected chi connectivity index (χ2v) is 7.01. The van der Waals surface area contributed by atoms with Crippen LogP contribution in [0.5, 0.6) is 0 Å². The molecule has 1 unspecified atom stereocenters. The molecule has 4 rings (SSSR count). The molecule has 1 amide bonds. The third-order valence-corrected chi connectivity index (χ3v) is 4.56. The highest BCUT2D eigenvalue weighted by Crippen LogP contribution is 2.28. The Balaban J connectivity index is 1.65. The molecule has 1 aliphatic carbocycles. The van der Waals surface area contributed by atoms with E-state index in [4.69, 9.17) is 10.2 Å². The topological polar surface area (TPSA) is 131 Å². The Bertz CT molecular complexity index is 1150. The van der Waals surface area contributed by atoms with Crippen molar-refractivity contribution in [1.29, 1.82) is 0 Å². The van der Waals surface area contributed by atoms with Crippen molar-refractivity contribution in [3.05, 3.63) is 60.1 Å².